The maximum atomic E-state index is 13.8. The molecule has 6 heteroatoms. The van der Waals surface area contributed by atoms with E-state index in [1.165, 1.54) is 18.2 Å². The van der Waals surface area contributed by atoms with Crippen LogP contribution in [0.25, 0.3) is 6.08 Å². The van der Waals surface area contributed by atoms with Gasteiger partial charge in [-0.2, -0.15) is 5.26 Å². The molecule has 0 unspecified atom stereocenters. The molecule has 0 aliphatic carbocycles. The van der Waals surface area contributed by atoms with Crippen LogP contribution in [0.1, 0.15) is 11.1 Å². The normalized spacial score (nSPS) is 14.9. The summed E-state index contributed by atoms with van der Waals surface area (Å²) in [5.41, 5.74) is 0.835. The number of carbonyl (C=O) groups is 1. The molecular formula is C18H11FN2O3. The number of esters is 1. The van der Waals surface area contributed by atoms with Gasteiger partial charge in [0.05, 0.1) is 5.56 Å². The number of hydrogen-bond donors (Lipinski definition) is 0. The smallest absolute Gasteiger partial charge is 0.363 e. The van der Waals surface area contributed by atoms with E-state index in [0.717, 1.165) is 0 Å². The highest BCUT2D eigenvalue weighted by atomic mass is 19.1. The topological polar surface area (TPSA) is 71.7 Å². The number of nitrogens with zero attached hydrogens (tertiary/aromatic N) is 2. The Morgan fingerprint density at radius 1 is 1.25 bits per heavy atom. The molecule has 0 spiro atoms. The average molecular weight is 322 g/mol. The third-order valence-corrected chi connectivity index (χ3v) is 3.19. The van der Waals surface area contributed by atoms with E-state index < -0.39 is 11.8 Å². The number of nitriles is 1. The van der Waals surface area contributed by atoms with Gasteiger partial charge >= 0.3 is 5.97 Å². The maximum absolute atomic E-state index is 13.8. The monoisotopic (exact) mass is 322 g/mol. The Balaban J connectivity index is 1.89. The molecule has 0 fully saturated rings. The fourth-order valence-electron chi connectivity index (χ4n) is 2.13. The summed E-state index contributed by atoms with van der Waals surface area (Å²) in [6.07, 6.45) is 1.51. The third kappa shape index (κ3) is 3.31. The van der Waals surface area contributed by atoms with Gasteiger partial charge in [0, 0.05) is 0 Å². The summed E-state index contributed by atoms with van der Waals surface area (Å²) in [6, 6.07) is 14.6. The van der Waals surface area contributed by atoms with E-state index in [9.17, 15) is 9.18 Å². The second-order valence-corrected chi connectivity index (χ2v) is 4.84. The largest absolute Gasteiger partial charge is 0.479 e. The molecule has 0 saturated carbocycles. The van der Waals surface area contributed by atoms with Gasteiger partial charge in [0.25, 0.3) is 0 Å². The lowest BCUT2D eigenvalue weighted by Crippen LogP contribution is -2.07. The summed E-state index contributed by atoms with van der Waals surface area (Å²) < 4.78 is 24.0. The van der Waals surface area contributed by atoms with Crippen molar-refractivity contribution in [3.05, 3.63) is 71.2 Å². The van der Waals surface area contributed by atoms with E-state index in [0.29, 0.717) is 11.3 Å². The van der Waals surface area contributed by atoms with Crippen LogP contribution in [0.5, 0.6) is 5.75 Å². The van der Waals surface area contributed by atoms with Crippen LogP contribution in [-0.4, -0.2) is 18.5 Å². The van der Waals surface area contributed by atoms with Crippen LogP contribution < -0.4 is 4.74 Å². The zero-order valence-corrected chi connectivity index (χ0v) is 12.4. The van der Waals surface area contributed by atoms with Crippen LogP contribution in [-0.2, 0) is 9.53 Å². The molecular weight excluding hydrogens is 311 g/mol. The molecule has 1 aliphatic heterocycles. The first-order valence-corrected chi connectivity index (χ1v) is 7.04. The van der Waals surface area contributed by atoms with Crippen molar-refractivity contribution in [3.63, 3.8) is 0 Å². The Hall–Kier alpha value is -3.46. The van der Waals surface area contributed by atoms with E-state index in [1.54, 1.807) is 36.4 Å². The van der Waals surface area contributed by atoms with Gasteiger partial charge in [-0.1, -0.05) is 24.3 Å². The standard InChI is InChI=1S/C18H11FN2O3/c19-15-7-2-1-6-14(15)17-21-16(18(22)24-17)11-12-4-3-5-13(10-12)23-9-8-20/h1-7,10-11H,9H2. The summed E-state index contributed by atoms with van der Waals surface area (Å²) in [7, 11) is 0. The number of halogens is 1. The van der Waals surface area contributed by atoms with E-state index in [4.69, 9.17) is 14.7 Å². The number of benzene rings is 2. The first kappa shape index (κ1) is 15.4. The summed E-state index contributed by atoms with van der Waals surface area (Å²) in [5.74, 6) is -0.745. The zero-order chi connectivity index (χ0) is 16.9. The number of ether oxygens (including phenoxy) is 2. The van der Waals surface area contributed by atoms with Gasteiger partial charge in [-0.25, -0.2) is 14.2 Å². The molecule has 2 aromatic rings. The van der Waals surface area contributed by atoms with Crippen molar-refractivity contribution in [1.29, 1.82) is 5.26 Å². The lowest BCUT2D eigenvalue weighted by Gasteiger charge is -2.02. The summed E-state index contributed by atoms with van der Waals surface area (Å²) in [5, 5.41) is 8.52. The molecule has 5 nitrogen and oxygen atoms in total. The Kier molecular flexibility index (Phi) is 4.34. The quantitative estimate of drug-likeness (QED) is 0.640. The molecule has 2 aromatic carbocycles. The fraction of sp³-hybridized carbons (Fsp3) is 0.0556. The van der Waals surface area contributed by atoms with E-state index in [1.807, 2.05) is 6.07 Å². The lowest BCUT2D eigenvalue weighted by atomic mass is 10.2. The van der Waals surface area contributed by atoms with Gasteiger partial charge in [-0.15, -0.1) is 0 Å². The number of carbonyl (C=O) groups excluding carboxylic acids is 1. The summed E-state index contributed by atoms with van der Waals surface area (Å²) in [6.45, 7) is -0.0718. The van der Waals surface area contributed by atoms with Gasteiger partial charge < -0.3 is 9.47 Å². The van der Waals surface area contributed by atoms with Crippen molar-refractivity contribution in [1.82, 2.24) is 0 Å². The molecule has 0 saturated heterocycles. The first-order valence-electron chi connectivity index (χ1n) is 7.04. The lowest BCUT2D eigenvalue weighted by molar-refractivity contribution is -0.129. The minimum atomic E-state index is -0.656. The van der Waals surface area contributed by atoms with Crippen molar-refractivity contribution < 1.29 is 18.7 Å². The van der Waals surface area contributed by atoms with Gasteiger partial charge in [0.2, 0.25) is 5.90 Å². The minimum Gasteiger partial charge on any atom is -0.479 e. The van der Waals surface area contributed by atoms with Crippen LogP contribution >= 0.6 is 0 Å². The molecule has 0 amide bonds. The summed E-state index contributed by atoms with van der Waals surface area (Å²) >= 11 is 0. The van der Waals surface area contributed by atoms with E-state index in [-0.39, 0.29) is 23.8 Å². The predicted molar refractivity (Wildman–Crippen MR) is 84.6 cm³/mol. The van der Waals surface area contributed by atoms with E-state index in [2.05, 4.69) is 4.99 Å². The highest BCUT2D eigenvalue weighted by Crippen LogP contribution is 2.22. The Bertz CT molecular complexity index is 897. The second kappa shape index (κ2) is 6.75. The van der Waals surface area contributed by atoms with Crippen LogP contribution in [0, 0.1) is 17.1 Å². The molecule has 1 aliphatic rings. The van der Waals surface area contributed by atoms with Crippen molar-refractivity contribution in [2.75, 3.05) is 6.61 Å². The maximum Gasteiger partial charge on any atom is 0.363 e. The predicted octanol–water partition coefficient (Wildman–Crippen LogP) is 3.07. The molecule has 1 heterocycles. The number of aliphatic imine (C=N–C) groups is 1. The van der Waals surface area contributed by atoms with Crippen molar-refractivity contribution >= 4 is 17.9 Å². The SMILES string of the molecule is N#CCOc1cccc(C=C2N=C(c3ccccc3F)OC2=O)c1. The molecule has 0 bridgehead atoms. The molecule has 3 rings (SSSR count). The van der Waals surface area contributed by atoms with Crippen LogP contribution in [0.2, 0.25) is 0 Å². The van der Waals surface area contributed by atoms with Crippen LogP contribution in [0.4, 0.5) is 4.39 Å². The fourth-order valence-corrected chi connectivity index (χ4v) is 2.13. The molecule has 24 heavy (non-hydrogen) atoms. The van der Waals surface area contributed by atoms with E-state index >= 15 is 0 Å². The van der Waals surface area contributed by atoms with Crippen molar-refractivity contribution in [2.24, 2.45) is 4.99 Å². The Labute approximate surface area is 137 Å². The summed E-state index contributed by atoms with van der Waals surface area (Å²) in [4.78, 5) is 16.0. The Morgan fingerprint density at radius 2 is 2.08 bits per heavy atom. The zero-order valence-electron chi connectivity index (χ0n) is 12.4. The van der Waals surface area contributed by atoms with Gasteiger partial charge in [0.1, 0.15) is 17.6 Å². The number of hydrogen-bond acceptors (Lipinski definition) is 5. The van der Waals surface area contributed by atoms with Gasteiger partial charge in [-0.05, 0) is 35.9 Å². The minimum absolute atomic E-state index is 0.0608. The van der Waals surface area contributed by atoms with Crippen LogP contribution in [0.3, 0.4) is 0 Å². The van der Waals surface area contributed by atoms with Crippen LogP contribution in [0.15, 0.2) is 59.2 Å². The molecule has 0 aromatic heterocycles. The second-order valence-electron chi connectivity index (χ2n) is 4.84. The number of rotatable bonds is 4. The highest BCUT2D eigenvalue weighted by molar-refractivity contribution is 6.12. The first-order chi connectivity index (χ1) is 11.7. The third-order valence-electron chi connectivity index (χ3n) is 3.19. The highest BCUT2D eigenvalue weighted by Gasteiger charge is 2.25. The molecule has 0 atom stereocenters. The van der Waals surface area contributed by atoms with Gasteiger partial charge in [0.15, 0.2) is 12.3 Å². The molecule has 0 N–H and O–H groups in total. The average Bonchev–Trinajstić information content (AvgIpc) is 2.94. The van der Waals surface area contributed by atoms with Gasteiger partial charge in [-0.3, -0.25) is 0 Å². The molecule has 118 valence electrons. The van der Waals surface area contributed by atoms with Crippen molar-refractivity contribution in [2.45, 2.75) is 0 Å². The van der Waals surface area contributed by atoms with Crippen molar-refractivity contribution in [3.8, 4) is 11.8 Å². The molecule has 0 radical (unpaired) electrons. The number of cyclic esters (lactones) is 1. The Morgan fingerprint density at radius 3 is 2.88 bits per heavy atom.